The zero-order valence-corrected chi connectivity index (χ0v) is 13.1. The van der Waals surface area contributed by atoms with Crippen LogP contribution >= 0.6 is 23.5 Å². The number of hydrogen-bond acceptors (Lipinski definition) is 5. The Morgan fingerprint density at radius 2 is 2.35 bits per heavy atom. The average molecular weight is 311 g/mol. The van der Waals surface area contributed by atoms with Gasteiger partial charge in [0.15, 0.2) is 10.9 Å². The summed E-state index contributed by atoms with van der Waals surface area (Å²) in [7, 11) is 1.95. The van der Waals surface area contributed by atoms with E-state index in [1.807, 2.05) is 30.1 Å². The molecule has 2 aromatic heterocycles. The lowest BCUT2D eigenvalue weighted by molar-refractivity contribution is 0.0927. The van der Waals surface area contributed by atoms with Crippen LogP contribution in [0.25, 0.3) is 0 Å². The van der Waals surface area contributed by atoms with Crippen molar-refractivity contribution in [1.29, 1.82) is 0 Å². The van der Waals surface area contributed by atoms with Gasteiger partial charge in [0, 0.05) is 31.7 Å². The minimum Gasteiger partial charge on any atom is -0.455 e. The molecule has 2 aromatic rings. The first kappa shape index (κ1) is 15.1. The van der Waals surface area contributed by atoms with Crippen molar-refractivity contribution in [1.82, 2.24) is 14.9 Å². The zero-order chi connectivity index (χ0) is 14.4. The van der Waals surface area contributed by atoms with E-state index >= 15 is 0 Å². The lowest BCUT2D eigenvalue weighted by Gasteiger charge is -2.03. The van der Waals surface area contributed by atoms with Gasteiger partial charge in [0.05, 0.1) is 5.75 Å². The number of imidazole rings is 1. The molecule has 7 heteroatoms. The summed E-state index contributed by atoms with van der Waals surface area (Å²) in [6.45, 7) is 0.578. The van der Waals surface area contributed by atoms with Gasteiger partial charge in [-0.1, -0.05) is 11.8 Å². The summed E-state index contributed by atoms with van der Waals surface area (Å²) in [5.41, 5.74) is 0. The standard InChI is InChI=1S/C13H17N3O2S2/c1-16-7-5-15-13(16)20-8-6-14-12(17)11-4-3-10(18-11)9-19-2/h3-5,7H,6,8-9H2,1-2H3,(H,14,17). The van der Waals surface area contributed by atoms with E-state index in [0.29, 0.717) is 12.3 Å². The van der Waals surface area contributed by atoms with E-state index in [1.54, 1.807) is 35.8 Å². The smallest absolute Gasteiger partial charge is 0.287 e. The van der Waals surface area contributed by atoms with Crippen molar-refractivity contribution in [2.24, 2.45) is 7.05 Å². The summed E-state index contributed by atoms with van der Waals surface area (Å²) in [4.78, 5) is 16.1. The second kappa shape index (κ2) is 7.44. The SMILES string of the molecule is CSCc1ccc(C(=O)NCCSc2nccn2C)o1. The van der Waals surface area contributed by atoms with Gasteiger partial charge in [-0.15, -0.1) is 0 Å². The van der Waals surface area contributed by atoms with Gasteiger partial charge in [-0.05, 0) is 18.4 Å². The normalized spacial score (nSPS) is 10.7. The van der Waals surface area contributed by atoms with E-state index in [9.17, 15) is 4.79 Å². The van der Waals surface area contributed by atoms with Crippen molar-refractivity contribution < 1.29 is 9.21 Å². The molecule has 5 nitrogen and oxygen atoms in total. The molecule has 0 saturated heterocycles. The van der Waals surface area contributed by atoms with Crippen molar-refractivity contribution in [2.75, 3.05) is 18.6 Å². The number of rotatable bonds is 7. The minimum absolute atomic E-state index is 0.169. The van der Waals surface area contributed by atoms with Crippen LogP contribution in [0.2, 0.25) is 0 Å². The first-order chi connectivity index (χ1) is 9.70. The van der Waals surface area contributed by atoms with Gasteiger partial charge in [-0.2, -0.15) is 11.8 Å². The molecule has 0 aliphatic carbocycles. The molecule has 0 aliphatic heterocycles. The molecule has 0 unspecified atom stereocenters. The molecule has 0 aromatic carbocycles. The first-order valence-corrected chi connectivity index (χ1v) is 8.54. The highest BCUT2D eigenvalue weighted by atomic mass is 32.2. The molecule has 0 fully saturated rings. The Bertz CT molecular complexity index is 565. The number of amides is 1. The number of nitrogens with zero attached hydrogens (tertiary/aromatic N) is 2. The minimum atomic E-state index is -0.169. The third-order valence-corrected chi connectivity index (χ3v) is 4.20. The van der Waals surface area contributed by atoms with Gasteiger partial charge in [0.1, 0.15) is 5.76 Å². The Balaban J connectivity index is 1.73. The van der Waals surface area contributed by atoms with Crippen LogP contribution in [0.3, 0.4) is 0 Å². The highest BCUT2D eigenvalue weighted by Crippen LogP contribution is 2.14. The van der Waals surface area contributed by atoms with Crippen molar-refractivity contribution in [3.8, 4) is 0 Å². The maximum atomic E-state index is 11.8. The summed E-state index contributed by atoms with van der Waals surface area (Å²) in [6, 6.07) is 3.56. The molecule has 0 radical (unpaired) electrons. The van der Waals surface area contributed by atoms with Crippen LogP contribution in [-0.4, -0.2) is 34.0 Å². The van der Waals surface area contributed by atoms with Crippen LogP contribution in [0.5, 0.6) is 0 Å². The monoisotopic (exact) mass is 311 g/mol. The molecule has 2 heterocycles. The number of carbonyl (C=O) groups excluding carboxylic acids is 1. The number of thioether (sulfide) groups is 2. The fourth-order valence-corrected chi connectivity index (χ4v) is 2.83. The van der Waals surface area contributed by atoms with Gasteiger partial charge in [0.25, 0.3) is 5.91 Å². The molecule has 0 aliphatic rings. The van der Waals surface area contributed by atoms with Gasteiger partial charge in [-0.3, -0.25) is 4.79 Å². The molecule has 0 saturated carbocycles. The molecule has 20 heavy (non-hydrogen) atoms. The first-order valence-electron chi connectivity index (χ1n) is 6.16. The molecule has 1 amide bonds. The van der Waals surface area contributed by atoms with E-state index in [1.165, 1.54) is 0 Å². The second-order valence-corrected chi connectivity index (χ2v) is 6.05. The largest absolute Gasteiger partial charge is 0.455 e. The quantitative estimate of drug-likeness (QED) is 0.628. The van der Waals surface area contributed by atoms with E-state index in [-0.39, 0.29) is 5.91 Å². The highest BCUT2D eigenvalue weighted by Gasteiger charge is 2.10. The maximum absolute atomic E-state index is 11.8. The Morgan fingerprint density at radius 3 is 3.05 bits per heavy atom. The van der Waals surface area contributed by atoms with Crippen LogP contribution < -0.4 is 5.32 Å². The van der Waals surface area contributed by atoms with E-state index in [0.717, 1.165) is 22.4 Å². The molecular weight excluding hydrogens is 294 g/mol. The Kier molecular flexibility index (Phi) is 5.60. The summed E-state index contributed by atoms with van der Waals surface area (Å²) in [5.74, 6) is 2.58. The number of aromatic nitrogens is 2. The molecule has 0 atom stereocenters. The van der Waals surface area contributed by atoms with E-state index in [2.05, 4.69) is 10.3 Å². The number of furan rings is 1. The molecular formula is C13H17N3O2S2. The number of carbonyl (C=O) groups is 1. The Labute approximate surface area is 126 Å². The predicted octanol–water partition coefficient (Wildman–Crippen LogP) is 2.40. The fourth-order valence-electron chi connectivity index (χ4n) is 1.60. The van der Waals surface area contributed by atoms with Gasteiger partial charge < -0.3 is 14.3 Å². The number of hydrogen-bond donors (Lipinski definition) is 1. The summed E-state index contributed by atoms with van der Waals surface area (Å²) in [5, 5.41) is 3.78. The zero-order valence-electron chi connectivity index (χ0n) is 11.5. The predicted molar refractivity (Wildman–Crippen MR) is 82.2 cm³/mol. The summed E-state index contributed by atoms with van der Waals surface area (Å²) < 4.78 is 7.40. The highest BCUT2D eigenvalue weighted by molar-refractivity contribution is 7.99. The topological polar surface area (TPSA) is 60.1 Å². The molecule has 1 N–H and O–H groups in total. The number of aryl methyl sites for hydroxylation is 1. The van der Waals surface area contributed by atoms with Crippen molar-refractivity contribution in [3.63, 3.8) is 0 Å². The van der Waals surface area contributed by atoms with Crippen LogP contribution in [0.4, 0.5) is 0 Å². The molecule has 0 spiro atoms. The molecule has 108 valence electrons. The van der Waals surface area contributed by atoms with Crippen molar-refractivity contribution >= 4 is 29.4 Å². The Hall–Kier alpha value is -1.34. The van der Waals surface area contributed by atoms with Gasteiger partial charge >= 0.3 is 0 Å². The van der Waals surface area contributed by atoms with Crippen LogP contribution in [-0.2, 0) is 12.8 Å². The van der Waals surface area contributed by atoms with Gasteiger partial charge in [-0.25, -0.2) is 4.98 Å². The van der Waals surface area contributed by atoms with E-state index < -0.39 is 0 Å². The Morgan fingerprint density at radius 1 is 1.50 bits per heavy atom. The number of nitrogens with one attached hydrogen (secondary N) is 1. The third kappa shape index (κ3) is 4.08. The lowest BCUT2D eigenvalue weighted by atomic mass is 10.4. The van der Waals surface area contributed by atoms with Crippen LogP contribution in [0, 0.1) is 0 Å². The van der Waals surface area contributed by atoms with Gasteiger partial charge in [0.2, 0.25) is 0 Å². The van der Waals surface area contributed by atoms with E-state index in [4.69, 9.17) is 4.42 Å². The lowest BCUT2D eigenvalue weighted by Crippen LogP contribution is -2.25. The van der Waals surface area contributed by atoms with Crippen LogP contribution in [0.1, 0.15) is 16.3 Å². The van der Waals surface area contributed by atoms with Crippen molar-refractivity contribution in [3.05, 3.63) is 36.0 Å². The molecule has 2 rings (SSSR count). The molecule has 0 bridgehead atoms. The fraction of sp³-hybridized carbons (Fsp3) is 0.385. The second-order valence-electron chi connectivity index (χ2n) is 4.12. The van der Waals surface area contributed by atoms with Crippen LogP contribution in [0.15, 0.2) is 34.1 Å². The maximum Gasteiger partial charge on any atom is 0.287 e. The summed E-state index contributed by atoms with van der Waals surface area (Å²) >= 11 is 3.27. The van der Waals surface area contributed by atoms with Crippen molar-refractivity contribution in [2.45, 2.75) is 10.9 Å². The third-order valence-electron chi connectivity index (χ3n) is 2.57. The average Bonchev–Trinajstić information content (AvgIpc) is 3.05. The summed E-state index contributed by atoms with van der Waals surface area (Å²) in [6.07, 6.45) is 5.66.